The average molecular weight is 439 g/mol. The number of rotatable bonds is 5. The first-order valence-electron chi connectivity index (χ1n) is 10.0. The lowest BCUT2D eigenvalue weighted by Gasteiger charge is -2.09. The fourth-order valence-corrected chi connectivity index (χ4v) is 3.55. The van der Waals surface area contributed by atoms with Crippen LogP contribution in [0, 0.1) is 5.82 Å². The minimum Gasteiger partial charge on any atom is -0.345 e. The Morgan fingerprint density at radius 3 is 2.70 bits per heavy atom. The van der Waals surface area contributed by atoms with Crippen LogP contribution in [-0.2, 0) is 11.8 Å². The lowest BCUT2D eigenvalue weighted by molar-refractivity contribution is -0.111. The van der Waals surface area contributed by atoms with Crippen LogP contribution in [0.1, 0.15) is 0 Å². The van der Waals surface area contributed by atoms with Crippen molar-refractivity contribution in [3.63, 3.8) is 0 Å². The van der Waals surface area contributed by atoms with Gasteiger partial charge in [0.15, 0.2) is 0 Å². The van der Waals surface area contributed by atoms with Gasteiger partial charge in [-0.2, -0.15) is 5.10 Å². The summed E-state index contributed by atoms with van der Waals surface area (Å²) < 4.78 is 15.0. The molecule has 5 heterocycles. The van der Waals surface area contributed by atoms with Crippen molar-refractivity contribution in [1.29, 1.82) is 0 Å². The van der Waals surface area contributed by atoms with E-state index in [1.807, 2.05) is 25.4 Å². The first-order chi connectivity index (χ1) is 16.0. The molecule has 0 fully saturated rings. The lowest BCUT2D eigenvalue weighted by Crippen LogP contribution is -2.09. The van der Waals surface area contributed by atoms with Gasteiger partial charge in [0.05, 0.1) is 23.8 Å². The number of aromatic amines is 1. The summed E-state index contributed by atoms with van der Waals surface area (Å²) in [5.41, 5.74) is 5.19. The number of amides is 1. The molecule has 1 amide bonds. The van der Waals surface area contributed by atoms with E-state index in [2.05, 4.69) is 36.9 Å². The quantitative estimate of drug-likeness (QED) is 0.397. The number of carbonyl (C=O) groups excluding carboxylic acids is 1. The predicted octanol–water partition coefficient (Wildman–Crippen LogP) is 4.35. The Kier molecular flexibility index (Phi) is 4.98. The van der Waals surface area contributed by atoms with E-state index in [9.17, 15) is 9.18 Å². The smallest absolute Gasteiger partial charge is 0.248 e. The number of anilines is 1. The third kappa shape index (κ3) is 3.99. The minimum absolute atomic E-state index is 0.360. The van der Waals surface area contributed by atoms with Crippen LogP contribution >= 0.6 is 0 Å². The summed E-state index contributed by atoms with van der Waals surface area (Å²) in [6.45, 7) is 3.50. The number of carbonyl (C=O) groups is 1. The maximum absolute atomic E-state index is 13.3. The molecule has 0 atom stereocenters. The van der Waals surface area contributed by atoms with E-state index >= 15 is 0 Å². The van der Waals surface area contributed by atoms with E-state index < -0.39 is 5.82 Å². The second-order valence-electron chi connectivity index (χ2n) is 7.41. The first-order valence-corrected chi connectivity index (χ1v) is 10.0. The molecule has 5 aromatic rings. The molecule has 0 aliphatic heterocycles. The van der Waals surface area contributed by atoms with Crippen molar-refractivity contribution in [2.24, 2.45) is 7.05 Å². The SMILES string of the molecule is C=CC(=O)Nc1cc(-c2cnc3[nH]cc(-c4ccc(F)cn4)c3c2)cc(-c2cnn(C)c2)n1. The fourth-order valence-electron chi connectivity index (χ4n) is 3.55. The number of hydrogen-bond donors (Lipinski definition) is 2. The molecular weight excluding hydrogens is 421 g/mol. The maximum Gasteiger partial charge on any atom is 0.248 e. The van der Waals surface area contributed by atoms with Crippen molar-refractivity contribution in [3.8, 4) is 33.6 Å². The summed E-state index contributed by atoms with van der Waals surface area (Å²) in [6, 6.07) is 8.65. The molecule has 0 spiro atoms. The van der Waals surface area contributed by atoms with E-state index in [4.69, 9.17) is 0 Å². The molecule has 162 valence electrons. The van der Waals surface area contributed by atoms with Gasteiger partial charge in [-0.15, -0.1) is 0 Å². The Morgan fingerprint density at radius 2 is 1.97 bits per heavy atom. The normalized spacial score (nSPS) is 11.0. The van der Waals surface area contributed by atoms with Gasteiger partial charge >= 0.3 is 0 Å². The zero-order valence-corrected chi connectivity index (χ0v) is 17.6. The van der Waals surface area contributed by atoms with Crippen molar-refractivity contribution in [2.45, 2.75) is 0 Å². The highest BCUT2D eigenvalue weighted by molar-refractivity contribution is 5.99. The lowest BCUT2D eigenvalue weighted by atomic mass is 10.0. The number of aromatic nitrogens is 6. The van der Waals surface area contributed by atoms with Crippen LogP contribution in [0.4, 0.5) is 10.2 Å². The molecule has 0 aromatic carbocycles. The Morgan fingerprint density at radius 1 is 1.09 bits per heavy atom. The highest BCUT2D eigenvalue weighted by atomic mass is 19.1. The third-order valence-electron chi connectivity index (χ3n) is 5.13. The number of nitrogens with zero attached hydrogens (tertiary/aromatic N) is 5. The molecule has 0 saturated heterocycles. The van der Waals surface area contributed by atoms with E-state index in [1.54, 1.807) is 35.4 Å². The van der Waals surface area contributed by atoms with Gasteiger partial charge in [-0.1, -0.05) is 6.58 Å². The molecule has 33 heavy (non-hydrogen) atoms. The van der Waals surface area contributed by atoms with Crippen LogP contribution in [-0.4, -0.2) is 35.6 Å². The number of nitrogens with one attached hydrogen (secondary N) is 2. The van der Waals surface area contributed by atoms with Crippen molar-refractivity contribution in [3.05, 3.63) is 79.8 Å². The summed E-state index contributed by atoms with van der Waals surface area (Å²) >= 11 is 0. The van der Waals surface area contributed by atoms with E-state index in [1.165, 1.54) is 18.3 Å². The summed E-state index contributed by atoms with van der Waals surface area (Å²) in [5.74, 6) is -0.377. The summed E-state index contributed by atoms with van der Waals surface area (Å²) in [4.78, 5) is 28.3. The molecule has 0 saturated carbocycles. The summed E-state index contributed by atoms with van der Waals surface area (Å²) in [5, 5.41) is 7.77. The average Bonchev–Trinajstić information content (AvgIpc) is 3.45. The monoisotopic (exact) mass is 439 g/mol. The van der Waals surface area contributed by atoms with Crippen LogP contribution < -0.4 is 5.32 Å². The van der Waals surface area contributed by atoms with Gasteiger partial charge in [0.2, 0.25) is 5.91 Å². The number of hydrogen-bond acceptors (Lipinski definition) is 5. The molecule has 9 heteroatoms. The maximum atomic E-state index is 13.3. The summed E-state index contributed by atoms with van der Waals surface area (Å²) in [6.07, 6.45) is 9.46. The van der Waals surface area contributed by atoms with E-state index in [-0.39, 0.29) is 5.91 Å². The van der Waals surface area contributed by atoms with E-state index in [0.717, 1.165) is 27.6 Å². The Bertz CT molecular complexity index is 1500. The van der Waals surface area contributed by atoms with E-state index in [0.29, 0.717) is 22.9 Å². The van der Waals surface area contributed by atoms with Gasteiger partial charge in [-0.3, -0.25) is 14.5 Å². The Balaban J connectivity index is 1.64. The standard InChI is InChI=1S/C24H18FN7O/c1-3-23(33)31-22-8-14(7-21(30-22)16-10-29-32(2)13-16)15-6-18-19(12-28-24(18)27-9-15)20-5-4-17(25)11-26-20/h3-13H,1H2,2H3,(H,27,28)(H,30,31,33). The Labute approximate surface area is 187 Å². The zero-order chi connectivity index (χ0) is 22.9. The van der Waals surface area contributed by atoms with Crippen molar-refractivity contribution >= 4 is 22.8 Å². The van der Waals surface area contributed by atoms with Gasteiger partial charge < -0.3 is 10.3 Å². The van der Waals surface area contributed by atoms with Gasteiger partial charge in [0.1, 0.15) is 17.3 Å². The number of H-pyrrole nitrogens is 1. The molecule has 5 rings (SSSR count). The number of pyridine rings is 3. The fraction of sp³-hybridized carbons (Fsp3) is 0.0417. The third-order valence-corrected chi connectivity index (χ3v) is 5.13. The molecule has 5 aromatic heterocycles. The molecule has 0 unspecified atom stereocenters. The Hall–Kier alpha value is -4.66. The molecule has 2 N–H and O–H groups in total. The van der Waals surface area contributed by atoms with Crippen LogP contribution in [0.5, 0.6) is 0 Å². The largest absolute Gasteiger partial charge is 0.345 e. The first kappa shape index (κ1) is 20.3. The van der Waals surface area contributed by atoms with Crippen molar-refractivity contribution < 1.29 is 9.18 Å². The highest BCUT2D eigenvalue weighted by Crippen LogP contribution is 2.32. The van der Waals surface area contributed by atoms with Crippen molar-refractivity contribution in [2.75, 3.05) is 5.32 Å². The van der Waals surface area contributed by atoms with Gasteiger partial charge in [0.25, 0.3) is 0 Å². The molecule has 0 aliphatic rings. The van der Waals surface area contributed by atoms with Gasteiger partial charge in [-0.05, 0) is 42.0 Å². The van der Waals surface area contributed by atoms with Crippen LogP contribution in [0.15, 0.2) is 74.0 Å². The van der Waals surface area contributed by atoms with Gasteiger partial charge in [-0.25, -0.2) is 14.4 Å². The topological polar surface area (TPSA) is 101 Å². The summed E-state index contributed by atoms with van der Waals surface area (Å²) in [7, 11) is 1.82. The van der Waals surface area contributed by atoms with Gasteiger partial charge in [0, 0.05) is 47.7 Å². The number of halogens is 1. The molecule has 0 radical (unpaired) electrons. The minimum atomic E-state index is -0.397. The number of fused-ring (bicyclic) bond motifs is 1. The van der Waals surface area contributed by atoms with Crippen LogP contribution in [0.25, 0.3) is 44.7 Å². The molecule has 0 bridgehead atoms. The molecular formula is C24H18FN7O. The second kappa shape index (κ2) is 8.12. The number of aryl methyl sites for hydroxylation is 1. The van der Waals surface area contributed by atoms with Crippen LogP contribution in [0.3, 0.4) is 0 Å². The highest BCUT2D eigenvalue weighted by Gasteiger charge is 2.13. The van der Waals surface area contributed by atoms with Crippen molar-refractivity contribution in [1.82, 2.24) is 29.7 Å². The predicted molar refractivity (Wildman–Crippen MR) is 124 cm³/mol. The molecule has 0 aliphatic carbocycles. The zero-order valence-electron chi connectivity index (χ0n) is 17.6. The van der Waals surface area contributed by atoms with Crippen LogP contribution in [0.2, 0.25) is 0 Å². The molecule has 8 nitrogen and oxygen atoms in total. The second-order valence-corrected chi connectivity index (χ2v) is 7.41.